The molecule has 8 heteroatoms. The second-order valence-electron chi connectivity index (χ2n) is 6.62. The normalized spacial score (nSPS) is 25.5. The Morgan fingerprint density at radius 1 is 1.33 bits per heavy atom. The Labute approximate surface area is 150 Å². The highest BCUT2D eigenvalue weighted by Gasteiger charge is 2.42. The maximum absolute atomic E-state index is 13.1. The quantitative estimate of drug-likeness (QED) is 0.814. The average Bonchev–Trinajstić information content (AvgIpc) is 3.28. The standard InChI is InChI=1S/C16H20N2O3S3/c1-12-17-13(9-22-12)14-3-4-15(23-14)24(19,20)18-7-2-5-16(10-18)6-8-21-11-16/h3-4,9H,2,5-8,10-11H2,1H3/t16-/m1/s1. The number of hydrogen-bond acceptors (Lipinski definition) is 6. The Bertz CT molecular complexity index is 834. The van der Waals surface area contributed by atoms with Crippen molar-refractivity contribution >= 4 is 32.7 Å². The minimum Gasteiger partial charge on any atom is -0.381 e. The van der Waals surface area contributed by atoms with Crippen LogP contribution >= 0.6 is 22.7 Å². The molecule has 0 bridgehead atoms. The first-order chi connectivity index (χ1) is 11.5. The number of hydrogen-bond donors (Lipinski definition) is 0. The van der Waals surface area contributed by atoms with Gasteiger partial charge in [-0.05, 0) is 38.3 Å². The molecule has 2 aromatic heterocycles. The average molecular weight is 385 g/mol. The summed E-state index contributed by atoms with van der Waals surface area (Å²) in [6, 6.07) is 3.58. The predicted molar refractivity (Wildman–Crippen MR) is 96.0 cm³/mol. The molecule has 0 N–H and O–H groups in total. The van der Waals surface area contributed by atoms with Crippen LogP contribution in [0.2, 0.25) is 0 Å². The van der Waals surface area contributed by atoms with E-state index in [1.807, 2.05) is 18.4 Å². The number of rotatable bonds is 3. The van der Waals surface area contributed by atoms with E-state index < -0.39 is 10.0 Å². The minimum absolute atomic E-state index is 0.0252. The van der Waals surface area contributed by atoms with Gasteiger partial charge in [-0.3, -0.25) is 0 Å². The number of thiazole rings is 1. The Kier molecular flexibility index (Phi) is 4.29. The van der Waals surface area contributed by atoms with Gasteiger partial charge in [0.05, 0.1) is 22.2 Å². The van der Waals surface area contributed by atoms with Crippen LogP contribution in [0.25, 0.3) is 10.6 Å². The Morgan fingerprint density at radius 2 is 2.21 bits per heavy atom. The van der Waals surface area contributed by atoms with E-state index in [9.17, 15) is 8.42 Å². The van der Waals surface area contributed by atoms with Gasteiger partial charge in [-0.2, -0.15) is 4.31 Å². The first-order valence-corrected chi connectivity index (χ1v) is 11.2. The molecule has 0 aromatic carbocycles. The third-order valence-electron chi connectivity index (χ3n) is 4.86. The van der Waals surface area contributed by atoms with E-state index in [2.05, 4.69) is 4.98 Å². The first-order valence-electron chi connectivity index (χ1n) is 8.09. The fraction of sp³-hybridized carbons (Fsp3) is 0.562. The van der Waals surface area contributed by atoms with Crippen LogP contribution in [0.3, 0.4) is 0 Å². The molecule has 5 nitrogen and oxygen atoms in total. The van der Waals surface area contributed by atoms with Gasteiger partial charge in [0.2, 0.25) is 0 Å². The summed E-state index contributed by atoms with van der Waals surface area (Å²) in [5.41, 5.74) is 0.889. The van der Waals surface area contributed by atoms with Crippen molar-refractivity contribution in [1.29, 1.82) is 0 Å². The summed E-state index contributed by atoms with van der Waals surface area (Å²) >= 11 is 2.89. The predicted octanol–water partition coefficient (Wildman–Crippen LogP) is 3.37. The van der Waals surface area contributed by atoms with Gasteiger partial charge in [-0.25, -0.2) is 13.4 Å². The molecule has 130 valence electrons. The molecular weight excluding hydrogens is 364 g/mol. The Hall–Kier alpha value is -0.800. The lowest BCUT2D eigenvalue weighted by atomic mass is 9.80. The van der Waals surface area contributed by atoms with Crippen molar-refractivity contribution in [2.45, 2.75) is 30.4 Å². The van der Waals surface area contributed by atoms with Crippen LogP contribution in [0.15, 0.2) is 21.7 Å². The van der Waals surface area contributed by atoms with Gasteiger partial charge in [-0.15, -0.1) is 22.7 Å². The summed E-state index contributed by atoms with van der Waals surface area (Å²) in [6.45, 7) is 4.58. The van der Waals surface area contributed by atoms with Crippen molar-refractivity contribution in [3.63, 3.8) is 0 Å². The summed E-state index contributed by atoms with van der Waals surface area (Å²) < 4.78 is 33.7. The third-order valence-corrected chi connectivity index (χ3v) is 9.05. The van der Waals surface area contributed by atoms with Gasteiger partial charge in [-0.1, -0.05) is 0 Å². The fourth-order valence-electron chi connectivity index (χ4n) is 3.54. The largest absolute Gasteiger partial charge is 0.381 e. The Morgan fingerprint density at radius 3 is 2.92 bits per heavy atom. The van der Waals surface area contributed by atoms with E-state index in [1.54, 1.807) is 21.7 Å². The van der Waals surface area contributed by atoms with Crippen LogP contribution in [0, 0.1) is 12.3 Å². The molecule has 2 fully saturated rings. The summed E-state index contributed by atoms with van der Waals surface area (Å²) in [5, 5.41) is 2.96. The molecule has 2 saturated heterocycles. The zero-order valence-corrected chi connectivity index (χ0v) is 16.0. The van der Waals surface area contributed by atoms with Gasteiger partial charge < -0.3 is 4.74 Å². The third kappa shape index (κ3) is 2.94. The van der Waals surface area contributed by atoms with Gasteiger partial charge in [0.15, 0.2) is 0 Å². The van der Waals surface area contributed by atoms with Crippen LogP contribution in [0.4, 0.5) is 0 Å². The molecule has 0 radical (unpaired) electrons. The number of nitrogens with zero attached hydrogens (tertiary/aromatic N) is 2. The molecular formula is C16H20N2O3S3. The molecule has 0 saturated carbocycles. The lowest BCUT2D eigenvalue weighted by Crippen LogP contribution is -2.46. The van der Waals surface area contributed by atoms with Crippen molar-refractivity contribution < 1.29 is 13.2 Å². The van der Waals surface area contributed by atoms with Crippen molar-refractivity contribution in [3.8, 4) is 10.6 Å². The number of ether oxygens (including phenoxy) is 1. The van der Waals surface area contributed by atoms with Gasteiger partial charge in [0.25, 0.3) is 10.0 Å². The fourth-order valence-corrected chi connectivity index (χ4v) is 7.24. The van der Waals surface area contributed by atoms with Crippen LogP contribution in [-0.4, -0.2) is 44.0 Å². The second-order valence-corrected chi connectivity index (χ2v) is 10.9. The molecule has 24 heavy (non-hydrogen) atoms. The smallest absolute Gasteiger partial charge is 0.252 e. The molecule has 4 rings (SSSR count). The second kappa shape index (κ2) is 6.17. The molecule has 0 unspecified atom stereocenters. The van der Waals surface area contributed by atoms with Crippen molar-refractivity contribution in [2.24, 2.45) is 5.41 Å². The maximum Gasteiger partial charge on any atom is 0.252 e. The topological polar surface area (TPSA) is 59.5 Å². The molecule has 2 aliphatic rings. The number of thiophene rings is 1. The monoisotopic (exact) mass is 384 g/mol. The number of piperidine rings is 1. The highest BCUT2D eigenvalue weighted by molar-refractivity contribution is 7.91. The van der Waals surface area contributed by atoms with Crippen molar-refractivity contribution in [1.82, 2.24) is 9.29 Å². The first kappa shape index (κ1) is 16.7. The molecule has 0 aliphatic carbocycles. The van der Waals surface area contributed by atoms with E-state index in [0.717, 1.165) is 41.4 Å². The molecule has 4 heterocycles. The van der Waals surface area contributed by atoms with Crippen LogP contribution in [-0.2, 0) is 14.8 Å². The maximum atomic E-state index is 13.1. The van der Waals surface area contributed by atoms with Crippen molar-refractivity contribution in [3.05, 3.63) is 22.5 Å². The summed E-state index contributed by atoms with van der Waals surface area (Å²) in [4.78, 5) is 5.36. The summed E-state index contributed by atoms with van der Waals surface area (Å²) in [7, 11) is -3.43. The molecule has 2 aliphatic heterocycles. The lowest BCUT2D eigenvalue weighted by Gasteiger charge is -2.38. The van der Waals surface area contributed by atoms with Crippen LogP contribution < -0.4 is 0 Å². The van der Waals surface area contributed by atoms with Gasteiger partial charge in [0, 0.05) is 30.5 Å². The van der Waals surface area contributed by atoms with E-state index in [-0.39, 0.29) is 5.41 Å². The molecule has 1 spiro atoms. The Balaban J connectivity index is 1.59. The minimum atomic E-state index is -3.43. The van der Waals surface area contributed by atoms with Gasteiger partial charge in [0.1, 0.15) is 4.21 Å². The highest BCUT2D eigenvalue weighted by atomic mass is 32.2. The highest BCUT2D eigenvalue weighted by Crippen LogP contribution is 2.40. The van der Waals surface area contributed by atoms with Crippen LogP contribution in [0.1, 0.15) is 24.3 Å². The molecule has 1 atom stereocenters. The van der Waals surface area contributed by atoms with Crippen LogP contribution in [0.5, 0.6) is 0 Å². The van der Waals surface area contributed by atoms with E-state index >= 15 is 0 Å². The van der Waals surface area contributed by atoms with Gasteiger partial charge >= 0.3 is 0 Å². The number of aromatic nitrogens is 1. The number of aryl methyl sites for hydroxylation is 1. The van der Waals surface area contributed by atoms with E-state index in [4.69, 9.17) is 4.74 Å². The zero-order valence-electron chi connectivity index (χ0n) is 13.5. The number of sulfonamides is 1. The zero-order chi connectivity index (χ0) is 16.8. The molecule has 2 aromatic rings. The SMILES string of the molecule is Cc1nc(-c2ccc(S(=O)(=O)N3CCC[C@@]4(CCOC4)C3)s2)cs1. The summed E-state index contributed by atoms with van der Waals surface area (Å²) in [5.74, 6) is 0. The van der Waals surface area contributed by atoms with E-state index in [1.165, 1.54) is 11.3 Å². The lowest BCUT2D eigenvalue weighted by molar-refractivity contribution is 0.105. The van der Waals surface area contributed by atoms with E-state index in [0.29, 0.717) is 23.9 Å². The van der Waals surface area contributed by atoms with Crippen molar-refractivity contribution in [2.75, 3.05) is 26.3 Å². The molecule has 0 amide bonds. The summed E-state index contributed by atoms with van der Waals surface area (Å²) in [6.07, 6.45) is 2.94.